The summed E-state index contributed by atoms with van der Waals surface area (Å²) in [5.74, 6) is -0.893. The highest BCUT2D eigenvalue weighted by Crippen LogP contribution is 2.36. The minimum Gasteiger partial charge on any atom is -0.454 e. The number of fused-ring (bicyclic) bond motifs is 2. The fraction of sp³-hybridized carbons (Fsp3) is 0.0741. The number of nitrogens with one attached hydrogen (secondary N) is 1. The lowest BCUT2D eigenvalue weighted by atomic mass is 10.1. The topological polar surface area (TPSA) is 89.9 Å². The zero-order chi connectivity index (χ0) is 24.8. The predicted octanol–water partition coefficient (Wildman–Crippen LogP) is 4.22. The van der Waals surface area contributed by atoms with Gasteiger partial charge in [-0.1, -0.05) is 18.2 Å². The van der Waals surface area contributed by atoms with E-state index < -0.39 is 17.8 Å². The van der Waals surface area contributed by atoms with E-state index in [9.17, 15) is 18.8 Å². The van der Waals surface area contributed by atoms with Gasteiger partial charge in [0.2, 0.25) is 6.79 Å². The molecule has 0 spiro atoms. The molecule has 178 valence electrons. The van der Waals surface area contributed by atoms with Gasteiger partial charge in [-0.25, -0.2) is 14.1 Å². The van der Waals surface area contributed by atoms with Crippen LogP contribution in [0.2, 0.25) is 0 Å². The number of hydrogen-bond donors (Lipinski definition) is 1. The number of rotatable bonds is 4. The standard InChI is InChI=1S/C27H18FN3O5/c28-19-3-1-2-17(11-19)14-30-9-8-18-10-16(4-6-22(18)30)12-21-25(32)29-27(34)31(26(21)33)20-5-7-23-24(13-20)36-15-35-23/h1-13H,14-15H2,(H,29,32,34)/b21-12-. The molecule has 3 heterocycles. The zero-order valence-corrected chi connectivity index (χ0v) is 18.7. The second-order valence-electron chi connectivity index (χ2n) is 8.39. The van der Waals surface area contributed by atoms with Gasteiger partial charge in [0.15, 0.2) is 11.5 Å². The maximum absolute atomic E-state index is 13.6. The van der Waals surface area contributed by atoms with E-state index in [0.717, 1.165) is 21.4 Å². The number of aromatic nitrogens is 1. The fourth-order valence-electron chi connectivity index (χ4n) is 4.36. The van der Waals surface area contributed by atoms with Crippen molar-refractivity contribution in [2.45, 2.75) is 6.54 Å². The summed E-state index contributed by atoms with van der Waals surface area (Å²) in [7, 11) is 0. The van der Waals surface area contributed by atoms with Crippen molar-refractivity contribution in [2.24, 2.45) is 0 Å². The molecule has 2 aliphatic rings. The molecule has 2 aliphatic heterocycles. The number of carbonyl (C=O) groups is 3. The molecule has 4 aromatic rings. The van der Waals surface area contributed by atoms with E-state index in [4.69, 9.17) is 9.47 Å². The molecule has 6 rings (SSSR count). The van der Waals surface area contributed by atoms with Gasteiger partial charge in [-0.05, 0) is 59.7 Å². The van der Waals surface area contributed by atoms with Gasteiger partial charge < -0.3 is 14.0 Å². The van der Waals surface area contributed by atoms with Gasteiger partial charge in [0.1, 0.15) is 11.4 Å². The molecule has 0 aliphatic carbocycles. The number of imide groups is 2. The van der Waals surface area contributed by atoms with Crippen LogP contribution >= 0.6 is 0 Å². The minimum absolute atomic E-state index is 0.0506. The third-order valence-electron chi connectivity index (χ3n) is 6.06. The van der Waals surface area contributed by atoms with Crippen LogP contribution in [0.25, 0.3) is 17.0 Å². The number of barbiturate groups is 1. The van der Waals surface area contributed by atoms with E-state index in [-0.39, 0.29) is 23.9 Å². The van der Waals surface area contributed by atoms with Gasteiger partial charge >= 0.3 is 6.03 Å². The first-order valence-corrected chi connectivity index (χ1v) is 11.1. The van der Waals surface area contributed by atoms with Crippen molar-refractivity contribution in [3.05, 3.63) is 95.4 Å². The van der Waals surface area contributed by atoms with Crippen LogP contribution in [0.1, 0.15) is 11.1 Å². The summed E-state index contributed by atoms with van der Waals surface area (Å²) in [5, 5.41) is 3.10. The van der Waals surface area contributed by atoms with Crippen LogP contribution in [0.3, 0.4) is 0 Å². The van der Waals surface area contributed by atoms with Crippen LogP contribution < -0.4 is 19.7 Å². The van der Waals surface area contributed by atoms with Crippen molar-refractivity contribution in [1.29, 1.82) is 0 Å². The monoisotopic (exact) mass is 483 g/mol. The highest BCUT2D eigenvalue weighted by atomic mass is 19.1. The van der Waals surface area contributed by atoms with Crippen LogP contribution in [0, 0.1) is 5.82 Å². The molecule has 36 heavy (non-hydrogen) atoms. The van der Waals surface area contributed by atoms with Crippen LogP contribution in [0.4, 0.5) is 14.9 Å². The van der Waals surface area contributed by atoms with Crippen LogP contribution in [-0.4, -0.2) is 29.2 Å². The molecule has 0 saturated carbocycles. The van der Waals surface area contributed by atoms with E-state index >= 15 is 0 Å². The number of anilines is 1. The highest BCUT2D eigenvalue weighted by Gasteiger charge is 2.37. The largest absolute Gasteiger partial charge is 0.454 e. The fourth-order valence-corrected chi connectivity index (χ4v) is 4.36. The molecular weight excluding hydrogens is 465 g/mol. The molecule has 0 atom stereocenters. The molecule has 0 bridgehead atoms. The Labute approximate surface area is 204 Å². The molecule has 8 nitrogen and oxygen atoms in total. The van der Waals surface area contributed by atoms with Crippen molar-refractivity contribution in [3.8, 4) is 11.5 Å². The number of halogens is 1. The predicted molar refractivity (Wildman–Crippen MR) is 129 cm³/mol. The Bertz CT molecular complexity index is 1610. The third-order valence-corrected chi connectivity index (χ3v) is 6.06. The second kappa shape index (κ2) is 8.38. The maximum Gasteiger partial charge on any atom is 0.335 e. The van der Waals surface area contributed by atoms with Gasteiger partial charge in [0.25, 0.3) is 11.8 Å². The maximum atomic E-state index is 13.6. The summed E-state index contributed by atoms with van der Waals surface area (Å²) in [6.45, 7) is 0.546. The summed E-state index contributed by atoms with van der Waals surface area (Å²) >= 11 is 0. The Morgan fingerprint density at radius 2 is 1.81 bits per heavy atom. The quantitative estimate of drug-likeness (QED) is 0.347. The number of nitrogens with zero attached hydrogens (tertiary/aromatic N) is 2. The molecule has 9 heteroatoms. The minimum atomic E-state index is -0.842. The molecular formula is C27H18FN3O5. The Morgan fingerprint density at radius 3 is 2.67 bits per heavy atom. The Kier molecular flexibility index (Phi) is 5.03. The molecule has 1 saturated heterocycles. The lowest BCUT2D eigenvalue weighted by molar-refractivity contribution is -0.122. The van der Waals surface area contributed by atoms with Crippen molar-refractivity contribution in [1.82, 2.24) is 9.88 Å². The summed E-state index contributed by atoms with van der Waals surface area (Å²) < 4.78 is 26.2. The van der Waals surface area contributed by atoms with E-state index in [1.54, 1.807) is 24.3 Å². The van der Waals surface area contributed by atoms with Crippen LogP contribution in [0.5, 0.6) is 11.5 Å². The average molecular weight is 483 g/mol. The molecule has 0 unspecified atom stereocenters. The summed E-state index contributed by atoms with van der Waals surface area (Å²) in [4.78, 5) is 39.2. The van der Waals surface area contributed by atoms with Gasteiger partial charge in [-0.2, -0.15) is 0 Å². The van der Waals surface area contributed by atoms with Crippen molar-refractivity contribution in [2.75, 3.05) is 11.7 Å². The molecule has 1 N–H and O–H groups in total. The molecule has 4 amide bonds. The number of amides is 4. The SMILES string of the molecule is O=C1NC(=O)N(c2ccc3c(c2)OCO3)C(=O)/C1=C\c1ccc2c(ccn2Cc2cccc(F)c2)c1. The van der Waals surface area contributed by atoms with Crippen molar-refractivity contribution in [3.63, 3.8) is 0 Å². The zero-order valence-electron chi connectivity index (χ0n) is 18.7. The number of urea groups is 1. The second-order valence-corrected chi connectivity index (χ2v) is 8.39. The Hall–Kier alpha value is -4.92. The summed E-state index contributed by atoms with van der Waals surface area (Å²) in [5.41, 5.74) is 2.44. The van der Waals surface area contributed by atoms with Crippen LogP contribution in [0.15, 0.2) is 78.5 Å². The first-order valence-electron chi connectivity index (χ1n) is 11.1. The van der Waals surface area contributed by atoms with Gasteiger partial charge in [-0.15, -0.1) is 0 Å². The number of benzene rings is 3. The molecule has 1 fully saturated rings. The lowest BCUT2D eigenvalue weighted by Gasteiger charge is -2.26. The van der Waals surface area contributed by atoms with Crippen molar-refractivity contribution >= 4 is 40.5 Å². The van der Waals surface area contributed by atoms with E-state index in [1.807, 2.05) is 35.0 Å². The number of hydrogen-bond acceptors (Lipinski definition) is 5. The first-order chi connectivity index (χ1) is 17.5. The lowest BCUT2D eigenvalue weighted by Crippen LogP contribution is -2.54. The smallest absolute Gasteiger partial charge is 0.335 e. The number of ether oxygens (including phenoxy) is 2. The van der Waals surface area contributed by atoms with Crippen molar-refractivity contribution < 1.29 is 28.2 Å². The van der Waals surface area contributed by atoms with Gasteiger partial charge in [0, 0.05) is 29.7 Å². The third kappa shape index (κ3) is 3.76. The Morgan fingerprint density at radius 1 is 0.944 bits per heavy atom. The van der Waals surface area contributed by atoms with Crippen LogP contribution in [-0.2, 0) is 16.1 Å². The Balaban J connectivity index is 1.31. The van der Waals surface area contributed by atoms with E-state index in [0.29, 0.717) is 23.6 Å². The molecule has 3 aromatic carbocycles. The molecule has 0 radical (unpaired) electrons. The van der Waals surface area contributed by atoms with Gasteiger partial charge in [-0.3, -0.25) is 14.9 Å². The van der Waals surface area contributed by atoms with E-state index in [2.05, 4.69) is 5.32 Å². The number of carbonyl (C=O) groups excluding carboxylic acids is 3. The van der Waals surface area contributed by atoms with E-state index in [1.165, 1.54) is 24.3 Å². The summed E-state index contributed by atoms with van der Waals surface area (Å²) in [6.07, 6.45) is 3.35. The molecule has 1 aromatic heterocycles. The van der Waals surface area contributed by atoms with Gasteiger partial charge in [0.05, 0.1) is 5.69 Å². The first kappa shape index (κ1) is 21.6. The summed E-state index contributed by atoms with van der Waals surface area (Å²) in [6, 6.07) is 17.6. The normalized spacial score (nSPS) is 16.2. The average Bonchev–Trinajstić information content (AvgIpc) is 3.48. The highest BCUT2D eigenvalue weighted by molar-refractivity contribution is 6.39.